The van der Waals surface area contributed by atoms with Crippen molar-refractivity contribution in [2.45, 2.75) is 71.3 Å². The third kappa shape index (κ3) is 4.87. The van der Waals surface area contributed by atoms with Gasteiger partial charge < -0.3 is 14.5 Å². The summed E-state index contributed by atoms with van der Waals surface area (Å²) < 4.78 is 5.86. The molecule has 0 aromatic rings. The van der Waals surface area contributed by atoms with Gasteiger partial charge in [0.15, 0.2) is 0 Å². The SMILES string of the molecule is CC1C[C@H](C)CN(C(=O)CCOC(=S)N2CCCC3CCCCC32)C1. The average Bonchev–Trinajstić information content (AvgIpc) is 2.60. The molecule has 1 amide bonds. The van der Waals surface area contributed by atoms with Gasteiger partial charge in [0, 0.05) is 25.7 Å². The van der Waals surface area contributed by atoms with Crippen molar-refractivity contribution in [1.82, 2.24) is 9.80 Å². The monoisotopic (exact) mass is 366 g/mol. The van der Waals surface area contributed by atoms with Gasteiger partial charge in [-0.05, 0) is 62.1 Å². The van der Waals surface area contributed by atoms with Gasteiger partial charge in [0.1, 0.15) is 0 Å². The van der Waals surface area contributed by atoms with Crippen molar-refractivity contribution in [3.8, 4) is 0 Å². The summed E-state index contributed by atoms with van der Waals surface area (Å²) >= 11 is 5.57. The van der Waals surface area contributed by atoms with Crippen LogP contribution in [0.1, 0.15) is 65.2 Å². The van der Waals surface area contributed by atoms with E-state index in [1.54, 1.807) is 0 Å². The number of ether oxygens (including phenoxy) is 1. The summed E-state index contributed by atoms with van der Waals surface area (Å²) in [7, 11) is 0. The molecule has 3 unspecified atom stereocenters. The zero-order chi connectivity index (χ0) is 17.8. The molecule has 0 N–H and O–H groups in total. The van der Waals surface area contributed by atoms with E-state index in [1.165, 1.54) is 44.9 Å². The number of fused-ring (bicyclic) bond motifs is 1. The molecule has 4 nitrogen and oxygen atoms in total. The molecule has 3 fully saturated rings. The number of carbonyl (C=O) groups is 1. The molecule has 3 rings (SSSR count). The number of likely N-dealkylation sites (tertiary alicyclic amines) is 2. The van der Waals surface area contributed by atoms with Crippen LogP contribution < -0.4 is 0 Å². The molecule has 25 heavy (non-hydrogen) atoms. The summed E-state index contributed by atoms with van der Waals surface area (Å²) in [5.41, 5.74) is 0. The van der Waals surface area contributed by atoms with E-state index in [0.717, 1.165) is 25.6 Å². The van der Waals surface area contributed by atoms with Crippen LogP contribution in [0.25, 0.3) is 0 Å². The maximum atomic E-state index is 12.5. The van der Waals surface area contributed by atoms with Crippen LogP contribution in [0.4, 0.5) is 0 Å². The Balaban J connectivity index is 1.43. The summed E-state index contributed by atoms with van der Waals surface area (Å²) in [6.07, 6.45) is 9.49. The van der Waals surface area contributed by atoms with E-state index in [-0.39, 0.29) is 5.91 Å². The molecule has 0 spiro atoms. The van der Waals surface area contributed by atoms with Crippen LogP contribution in [-0.4, -0.2) is 53.2 Å². The minimum atomic E-state index is 0.218. The van der Waals surface area contributed by atoms with Gasteiger partial charge in [-0.1, -0.05) is 26.7 Å². The molecule has 0 radical (unpaired) electrons. The van der Waals surface area contributed by atoms with Crippen molar-refractivity contribution < 1.29 is 9.53 Å². The topological polar surface area (TPSA) is 32.8 Å². The summed E-state index contributed by atoms with van der Waals surface area (Å²) in [6, 6.07) is 0.578. The Morgan fingerprint density at radius 1 is 1.08 bits per heavy atom. The molecule has 2 saturated heterocycles. The van der Waals surface area contributed by atoms with E-state index in [0.29, 0.717) is 36.1 Å². The maximum absolute atomic E-state index is 12.5. The van der Waals surface area contributed by atoms with Crippen LogP contribution in [0, 0.1) is 17.8 Å². The maximum Gasteiger partial charge on any atom is 0.259 e. The van der Waals surface area contributed by atoms with E-state index in [2.05, 4.69) is 18.7 Å². The largest absolute Gasteiger partial charge is 0.470 e. The van der Waals surface area contributed by atoms with Gasteiger partial charge in [-0.3, -0.25) is 4.79 Å². The van der Waals surface area contributed by atoms with Crippen molar-refractivity contribution in [2.24, 2.45) is 17.8 Å². The fraction of sp³-hybridized carbons (Fsp3) is 0.900. The first-order chi connectivity index (χ1) is 12.0. The molecule has 1 saturated carbocycles. The Kier molecular flexibility index (Phi) is 6.59. The third-order valence-electron chi connectivity index (χ3n) is 6.24. The summed E-state index contributed by atoms with van der Waals surface area (Å²) in [6.45, 7) is 7.70. The molecule has 5 heteroatoms. The normalized spacial score (nSPS) is 32.9. The number of nitrogens with zero attached hydrogens (tertiary/aromatic N) is 2. The lowest BCUT2D eigenvalue weighted by atomic mass is 9.78. The zero-order valence-corrected chi connectivity index (χ0v) is 16.7. The number of amides is 1. The van der Waals surface area contributed by atoms with Crippen molar-refractivity contribution in [3.05, 3.63) is 0 Å². The minimum Gasteiger partial charge on any atom is -0.470 e. The predicted molar refractivity (Wildman–Crippen MR) is 104 cm³/mol. The molecule has 2 aliphatic heterocycles. The lowest BCUT2D eigenvalue weighted by Gasteiger charge is -2.44. The van der Waals surface area contributed by atoms with Crippen LogP contribution in [0.2, 0.25) is 0 Å². The van der Waals surface area contributed by atoms with Crippen LogP contribution in [-0.2, 0) is 9.53 Å². The van der Waals surface area contributed by atoms with Gasteiger partial charge >= 0.3 is 0 Å². The molecule has 4 atom stereocenters. The second-order valence-electron chi connectivity index (χ2n) is 8.56. The standard InChI is InChI=1S/C20H34N2O2S/c1-15-12-16(2)14-21(13-15)19(23)9-11-24-20(25)22-10-5-7-17-6-3-4-8-18(17)22/h15-18H,3-14H2,1-2H3/t15-,16?,17?,18?/m0/s1. The fourth-order valence-electron chi connectivity index (χ4n) is 5.18. The van der Waals surface area contributed by atoms with Gasteiger partial charge in [-0.25, -0.2) is 0 Å². The van der Waals surface area contributed by atoms with Crippen molar-refractivity contribution in [3.63, 3.8) is 0 Å². The predicted octanol–water partition coefficient (Wildman–Crippen LogP) is 3.84. The lowest BCUT2D eigenvalue weighted by molar-refractivity contribution is -0.134. The highest BCUT2D eigenvalue weighted by atomic mass is 32.1. The second kappa shape index (κ2) is 8.70. The highest BCUT2D eigenvalue weighted by Gasteiger charge is 2.35. The van der Waals surface area contributed by atoms with E-state index < -0.39 is 0 Å². The van der Waals surface area contributed by atoms with Gasteiger partial charge in [0.2, 0.25) is 5.91 Å². The Morgan fingerprint density at radius 2 is 1.76 bits per heavy atom. The van der Waals surface area contributed by atoms with Gasteiger partial charge in [-0.15, -0.1) is 0 Å². The van der Waals surface area contributed by atoms with Crippen molar-refractivity contribution in [2.75, 3.05) is 26.2 Å². The van der Waals surface area contributed by atoms with Gasteiger partial charge in [-0.2, -0.15) is 0 Å². The molecule has 0 bridgehead atoms. The lowest BCUT2D eigenvalue weighted by Crippen LogP contribution is -2.50. The smallest absolute Gasteiger partial charge is 0.259 e. The highest BCUT2D eigenvalue weighted by molar-refractivity contribution is 7.80. The van der Waals surface area contributed by atoms with Crippen molar-refractivity contribution in [1.29, 1.82) is 0 Å². The fourth-order valence-corrected chi connectivity index (χ4v) is 5.49. The summed E-state index contributed by atoms with van der Waals surface area (Å²) in [4.78, 5) is 16.8. The number of hydrogen-bond acceptors (Lipinski definition) is 3. The minimum absolute atomic E-state index is 0.218. The first kappa shape index (κ1) is 18.9. The molecule has 3 aliphatic rings. The van der Waals surface area contributed by atoms with Gasteiger partial charge in [0.05, 0.1) is 13.0 Å². The van der Waals surface area contributed by atoms with E-state index in [9.17, 15) is 4.79 Å². The highest BCUT2D eigenvalue weighted by Crippen LogP contribution is 2.35. The first-order valence-electron chi connectivity index (χ1n) is 10.3. The molecule has 142 valence electrons. The molecule has 0 aromatic carbocycles. The second-order valence-corrected chi connectivity index (χ2v) is 8.91. The van der Waals surface area contributed by atoms with E-state index in [4.69, 9.17) is 17.0 Å². The van der Waals surface area contributed by atoms with E-state index >= 15 is 0 Å². The van der Waals surface area contributed by atoms with E-state index in [1.807, 2.05) is 4.90 Å². The summed E-state index contributed by atoms with van der Waals surface area (Å²) in [5, 5.41) is 0.629. The van der Waals surface area contributed by atoms with Crippen LogP contribution in [0.3, 0.4) is 0 Å². The number of thiocarbonyl (C=S) groups is 1. The summed E-state index contributed by atoms with van der Waals surface area (Å²) in [5.74, 6) is 2.22. The Morgan fingerprint density at radius 3 is 2.52 bits per heavy atom. The molecule has 0 aromatic heterocycles. The molecular formula is C20H34N2O2S. The van der Waals surface area contributed by atoms with Crippen LogP contribution >= 0.6 is 12.2 Å². The van der Waals surface area contributed by atoms with Crippen LogP contribution in [0.15, 0.2) is 0 Å². The quantitative estimate of drug-likeness (QED) is 0.711. The molecule has 1 aliphatic carbocycles. The van der Waals surface area contributed by atoms with Crippen molar-refractivity contribution >= 4 is 23.3 Å². The Labute approximate surface area is 158 Å². The molecule has 2 heterocycles. The number of piperidine rings is 2. The van der Waals surface area contributed by atoms with Gasteiger partial charge in [0.25, 0.3) is 5.17 Å². The Bertz CT molecular complexity index is 472. The number of carbonyl (C=O) groups excluding carboxylic acids is 1. The number of hydrogen-bond donors (Lipinski definition) is 0. The zero-order valence-electron chi connectivity index (χ0n) is 15.9. The third-order valence-corrected chi connectivity index (χ3v) is 6.59. The average molecular weight is 367 g/mol. The Hall–Kier alpha value is -0.840. The first-order valence-corrected chi connectivity index (χ1v) is 10.7. The van der Waals surface area contributed by atoms with Crippen LogP contribution in [0.5, 0.6) is 0 Å². The number of rotatable bonds is 3. The molecular weight excluding hydrogens is 332 g/mol.